The van der Waals surface area contributed by atoms with Crippen molar-refractivity contribution in [1.29, 1.82) is 0 Å². The zero-order valence-corrected chi connectivity index (χ0v) is 11.5. The van der Waals surface area contributed by atoms with Gasteiger partial charge in [-0.25, -0.2) is 9.97 Å². The summed E-state index contributed by atoms with van der Waals surface area (Å²) in [6.45, 7) is 5.49. The molecule has 0 aliphatic rings. The van der Waals surface area contributed by atoms with Crippen molar-refractivity contribution in [2.75, 3.05) is 11.9 Å². The van der Waals surface area contributed by atoms with Crippen LogP contribution in [-0.4, -0.2) is 16.5 Å². The largest absolute Gasteiger partial charge is 0.370 e. The lowest BCUT2D eigenvalue weighted by Gasteiger charge is -2.08. The average molecular weight is 256 g/mol. The van der Waals surface area contributed by atoms with Crippen molar-refractivity contribution in [3.63, 3.8) is 0 Å². The molecule has 0 spiro atoms. The second kappa shape index (κ2) is 6.29. The number of nitrogens with one attached hydrogen (secondary N) is 1. The van der Waals surface area contributed by atoms with Gasteiger partial charge in [0.1, 0.15) is 11.6 Å². The van der Waals surface area contributed by atoms with E-state index in [4.69, 9.17) is 5.73 Å². The predicted molar refractivity (Wildman–Crippen MR) is 78.0 cm³/mol. The molecule has 19 heavy (non-hydrogen) atoms. The summed E-state index contributed by atoms with van der Waals surface area (Å²) in [4.78, 5) is 8.38. The van der Waals surface area contributed by atoms with Gasteiger partial charge in [-0.3, -0.25) is 0 Å². The van der Waals surface area contributed by atoms with Crippen LogP contribution < -0.4 is 11.1 Å². The molecule has 1 heterocycles. The molecule has 0 saturated carbocycles. The smallest absolute Gasteiger partial charge is 0.144 e. The van der Waals surface area contributed by atoms with Crippen molar-refractivity contribution in [2.45, 2.75) is 26.8 Å². The minimum absolute atomic E-state index is 0.368. The highest BCUT2D eigenvalue weighted by Crippen LogP contribution is 2.10. The molecule has 0 aliphatic heterocycles. The maximum absolute atomic E-state index is 5.52. The van der Waals surface area contributed by atoms with Gasteiger partial charge in [-0.15, -0.1) is 0 Å². The fraction of sp³-hybridized carbons (Fsp3) is 0.333. The topological polar surface area (TPSA) is 63.8 Å². The zero-order valence-electron chi connectivity index (χ0n) is 11.5. The average Bonchev–Trinajstić information content (AvgIpc) is 2.43. The highest BCUT2D eigenvalue weighted by molar-refractivity contribution is 5.34. The first-order chi connectivity index (χ1) is 9.19. The molecule has 0 amide bonds. The Balaban J connectivity index is 1.90. The lowest BCUT2D eigenvalue weighted by Crippen LogP contribution is -2.09. The number of hydrogen-bond acceptors (Lipinski definition) is 4. The van der Waals surface area contributed by atoms with Crippen molar-refractivity contribution < 1.29 is 0 Å². The standard InChI is InChI=1S/C15H20N4/c1-11-3-4-13(9-12(11)2)5-7-17-14-6-8-18-15(10-16)19-14/h3-4,6,8-9H,5,7,10,16H2,1-2H3,(H,17,18,19). The summed E-state index contributed by atoms with van der Waals surface area (Å²) in [5.41, 5.74) is 9.52. The van der Waals surface area contributed by atoms with E-state index in [0.717, 1.165) is 18.8 Å². The third kappa shape index (κ3) is 3.76. The quantitative estimate of drug-likeness (QED) is 0.861. The SMILES string of the molecule is Cc1ccc(CCNc2ccnc(CN)n2)cc1C. The van der Waals surface area contributed by atoms with Crippen LogP contribution in [0.1, 0.15) is 22.5 Å². The maximum Gasteiger partial charge on any atom is 0.144 e. The van der Waals surface area contributed by atoms with E-state index in [1.54, 1.807) is 6.20 Å². The highest BCUT2D eigenvalue weighted by Gasteiger charge is 1.99. The van der Waals surface area contributed by atoms with Crippen LogP contribution in [0.4, 0.5) is 5.82 Å². The van der Waals surface area contributed by atoms with Gasteiger partial charge in [-0.2, -0.15) is 0 Å². The Labute approximate surface area is 114 Å². The summed E-state index contributed by atoms with van der Waals surface area (Å²) < 4.78 is 0. The minimum atomic E-state index is 0.368. The Hall–Kier alpha value is -1.94. The van der Waals surface area contributed by atoms with E-state index >= 15 is 0 Å². The first-order valence-corrected chi connectivity index (χ1v) is 6.51. The second-order valence-electron chi connectivity index (χ2n) is 4.66. The Kier molecular flexibility index (Phi) is 4.47. The molecule has 2 aromatic rings. The molecule has 0 aliphatic carbocycles. The monoisotopic (exact) mass is 256 g/mol. The Morgan fingerprint density at radius 2 is 2.00 bits per heavy atom. The normalized spacial score (nSPS) is 10.5. The number of nitrogens with zero attached hydrogens (tertiary/aromatic N) is 2. The summed E-state index contributed by atoms with van der Waals surface area (Å²) in [5, 5.41) is 3.30. The lowest BCUT2D eigenvalue weighted by atomic mass is 10.0. The predicted octanol–water partition coefficient (Wildman–Crippen LogP) is 2.21. The molecule has 1 aromatic heterocycles. The molecule has 0 bridgehead atoms. The number of aromatic nitrogens is 2. The summed E-state index contributed by atoms with van der Waals surface area (Å²) in [6, 6.07) is 8.44. The lowest BCUT2D eigenvalue weighted by molar-refractivity contribution is 0.900. The molecule has 0 atom stereocenters. The fourth-order valence-electron chi connectivity index (χ4n) is 1.89. The van der Waals surface area contributed by atoms with Gasteiger partial charge in [0.15, 0.2) is 0 Å². The fourth-order valence-corrected chi connectivity index (χ4v) is 1.89. The molecule has 4 heteroatoms. The van der Waals surface area contributed by atoms with E-state index < -0.39 is 0 Å². The van der Waals surface area contributed by atoms with Crippen molar-refractivity contribution in [3.8, 4) is 0 Å². The first kappa shape index (κ1) is 13.5. The number of anilines is 1. The summed E-state index contributed by atoms with van der Waals surface area (Å²) >= 11 is 0. The van der Waals surface area contributed by atoms with E-state index in [1.165, 1.54) is 16.7 Å². The van der Waals surface area contributed by atoms with Crippen LogP contribution in [-0.2, 0) is 13.0 Å². The van der Waals surface area contributed by atoms with E-state index in [2.05, 4.69) is 47.3 Å². The Morgan fingerprint density at radius 3 is 2.74 bits per heavy atom. The Bertz CT molecular complexity index is 552. The zero-order chi connectivity index (χ0) is 13.7. The molecule has 0 fully saturated rings. The van der Waals surface area contributed by atoms with Gasteiger partial charge in [0.25, 0.3) is 0 Å². The van der Waals surface area contributed by atoms with Crippen LogP contribution in [0.3, 0.4) is 0 Å². The summed E-state index contributed by atoms with van der Waals surface area (Å²) in [5.74, 6) is 1.50. The number of benzene rings is 1. The molecule has 0 radical (unpaired) electrons. The molecule has 2 rings (SSSR count). The van der Waals surface area contributed by atoms with Gasteiger partial charge >= 0.3 is 0 Å². The Morgan fingerprint density at radius 1 is 1.16 bits per heavy atom. The first-order valence-electron chi connectivity index (χ1n) is 6.51. The van der Waals surface area contributed by atoms with Crippen LogP contribution >= 0.6 is 0 Å². The summed E-state index contributed by atoms with van der Waals surface area (Å²) in [7, 11) is 0. The van der Waals surface area contributed by atoms with Crippen LogP contribution in [0, 0.1) is 13.8 Å². The van der Waals surface area contributed by atoms with Gasteiger partial charge in [-0.05, 0) is 43.0 Å². The molecule has 0 saturated heterocycles. The number of aryl methyl sites for hydroxylation is 2. The van der Waals surface area contributed by atoms with E-state index in [9.17, 15) is 0 Å². The number of hydrogen-bond donors (Lipinski definition) is 2. The molecular weight excluding hydrogens is 236 g/mol. The van der Waals surface area contributed by atoms with E-state index in [-0.39, 0.29) is 0 Å². The number of nitrogens with two attached hydrogens (primary N) is 1. The summed E-state index contributed by atoms with van der Waals surface area (Å²) in [6.07, 6.45) is 2.70. The van der Waals surface area contributed by atoms with E-state index in [1.807, 2.05) is 6.07 Å². The second-order valence-corrected chi connectivity index (χ2v) is 4.66. The van der Waals surface area contributed by atoms with Gasteiger partial charge in [0.05, 0.1) is 6.54 Å². The molecule has 1 aromatic carbocycles. The highest BCUT2D eigenvalue weighted by atomic mass is 15.0. The molecule has 4 nitrogen and oxygen atoms in total. The third-order valence-corrected chi connectivity index (χ3v) is 3.18. The number of rotatable bonds is 5. The van der Waals surface area contributed by atoms with Gasteiger partial charge in [0.2, 0.25) is 0 Å². The van der Waals surface area contributed by atoms with Crippen molar-refractivity contribution >= 4 is 5.82 Å². The molecule has 0 unspecified atom stereocenters. The van der Waals surface area contributed by atoms with E-state index in [0.29, 0.717) is 12.4 Å². The molecule has 3 N–H and O–H groups in total. The maximum atomic E-state index is 5.52. The molecule has 100 valence electrons. The van der Waals surface area contributed by atoms with Crippen molar-refractivity contribution in [2.24, 2.45) is 5.73 Å². The minimum Gasteiger partial charge on any atom is -0.370 e. The van der Waals surface area contributed by atoms with Gasteiger partial charge < -0.3 is 11.1 Å². The van der Waals surface area contributed by atoms with Crippen molar-refractivity contribution in [3.05, 3.63) is 53.0 Å². The van der Waals surface area contributed by atoms with Crippen LogP contribution in [0.15, 0.2) is 30.5 Å². The van der Waals surface area contributed by atoms with Crippen LogP contribution in [0.25, 0.3) is 0 Å². The third-order valence-electron chi connectivity index (χ3n) is 3.18. The van der Waals surface area contributed by atoms with Crippen LogP contribution in [0.5, 0.6) is 0 Å². The van der Waals surface area contributed by atoms with Crippen LogP contribution in [0.2, 0.25) is 0 Å². The van der Waals surface area contributed by atoms with Gasteiger partial charge in [0, 0.05) is 12.7 Å². The van der Waals surface area contributed by atoms with Crippen molar-refractivity contribution in [1.82, 2.24) is 9.97 Å². The van der Waals surface area contributed by atoms with Gasteiger partial charge in [-0.1, -0.05) is 18.2 Å². The molecular formula is C15H20N4.